The Balaban J connectivity index is 2.44. The van der Waals surface area contributed by atoms with Crippen molar-refractivity contribution < 1.29 is 131 Å². The Kier molecular flexibility index (Phi) is 60.1. The lowest BCUT2D eigenvalue weighted by molar-refractivity contribution is -0.143. The molecule has 0 aliphatic carbocycles. The first-order valence-corrected chi connectivity index (χ1v) is 48.7. The van der Waals surface area contributed by atoms with Crippen LogP contribution in [0.3, 0.4) is 0 Å². The Bertz CT molecular complexity index is 4470. The molecule has 1 aromatic carbocycles. The van der Waals surface area contributed by atoms with Crippen LogP contribution in [0.25, 0.3) is 0 Å². The SMILES string of the molecule is CC(C)C[C@H](NC(=O)[C@H](CC(N)=O)NC(=O)[C@@H](NC(=O)[C@H](CO)NC(=O)[C@H](CCCCN)NC(=O)[C@H](CCCCN)NC(=O)[C@@H]1CCCN1C(=O)CNC(=O)[C@@H](N)CS)[C@@H](C)O)C(=O)N[C@H](C(=O)N[C@@H](CCCCN)C(=O)N[C@@H](CC(N)=O)C(=O)N[C@@H](CCCCN)C(=O)N[C@@H](CS)C(=O)N[C@H](C(=O)N[C@@H](CC(N)=O)C(=O)N[C@@H](Cc1ccccc1)C(=O)NCC(=O)NCC(=O)N[C@@H](CO)C(=O)O)C(C)C)C(C)C. The zero-order valence-corrected chi connectivity index (χ0v) is 83.9. The predicted molar refractivity (Wildman–Crippen MR) is 524 cm³/mol. The van der Waals surface area contributed by atoms with E-state index in [0.717, 1.165) is 6.92 Å². The van der Waals surface area contributed by atoms with Crippen molar-refractivity contribution in [3.8, 4) is 0 Å². The number of nitrogens with two attached hydrogens (primary N) is 8. The lowest BCUT2D eigenvalue weighted by Gasteiger charge is -2.30. The van der Waals surface area contributed by atoms with E-state index in [4.69, 9.17) is 51.0 Å². The topological polar surface area (TPSA) is 901 Å². The third kappa shape index (κ3) is 47.3. The van der Waals surface area contributed by atoms with E-state index in [1.807, 2.05) is 5.32 Å². The summed E-state index contributed by atoms with van der Waals surface area (Å²) in [6.45, 7) is 6.69. The number of thiol groups is 2. The van der Waals surface area contributed by atoms with Crippen molar-refractivity contribution in [2.45, 2.75) is 279 Å². The van der Waals surface area contributed by atoms with E-state index in [2.05, 4.69) is 116 Å². The van der Waals surface area contributed by atoms with Gasteiger partial charge in [0.05, 0.1) is 64.3 Å². The van der Waals surface area contributed by atoms with Crippen LogP contribution in [0.2, 0.25) is 0 Å². The maximum absolute atomic E-state index is 14.6. The molecule has 0 bridgehead atoms. The van der Waals surface area contributed by atoms with E-state index < -0.39 is 320 Å². The van der Waals surface area contributed by atoms with E-state index in [0.29, 0.717) is 31.2 Å². The molecule has 18 atom stereocenters. The number of benzene rings is 1. The summed E-state index contributed by atoms with van der Waals surface area (Å²) in [6.07, 6.45) is -3.10. The second-order valence-electron chi connectivity index (χ2n) is 35.6. The van der Waals surface area contributed by atoms with E-state index in [9.17, 15) is 126 Å². The number of aliphatic hydroxyl groups excluding tert-OH is 3. The average Bonchev–Trinajstić information content (AvgIpc) is 1.41. The summed E-state index contributed by atoms with van der Waals surface area (Å²) in [7, 11) is 0. The quantitative estimate of drug-likeness (QED) is 0.0213. The number of carboxylic acids is 1. The van der Waals surface area contributed by atoms with Crippen LogP contribution in [0, 0.1) is 17.8 Å². The fraction of sp³-hybridized carbons (Fsp3) is 0.670. The first-order chi connectivity index (χ1) is 68.0. The number of rotatable bonds is 71. The standard InChI is InChI=1S/C88H149N27O27S2/c1-44(2)32-54(105-79(132)58(36-65(96)121)109-87(140)71(47(7)118)114-82(135)59(40-116)110-76(129)50(22-11-15-27-89)101-74(127)52(24-13-17-29-91)103-84(137)62-26-19-31-115(62)68(124)39-99-72(125)49(93)42-143)81(134)112-69(45(3)4)85(138)104-53(25-14-18-30-92)75(128)107-56(34-63(94)119)78(131)102-51(23-12-16-28-90)77(130)111-61(43-144)83(136)113-70(46(5)6)86(139)108-57(35-64(95)120)80(133)106-55(33-48-20-9-8-10-21-48)73(126)98-37-66(122)97-38-67(123)100-60(41-117)88(141)142/h8-10,20-21,44-47,49-62,69-71,116-118,143-144H,11-19,22-43,89-93H2,1-7H3,(H2,94,119)(H2,95,120)(H2,96,121)(H,97,122)(H,98,126)(H,99,125)(H,100,123)(H,101,127)(H,102,131)(H,103,137)(H,104,138)(H,105,132)(H,106,133)(H,107,128)(H,108,139)(H,109,140)(H,110,129)(H,111,130)(H,112,134)(H,113,136)(H,114,135)(H,141,142)/t47-,49+,50+,51+,52+,53+,54+,55+,56+,57+,58+,59+,60+,61+,62+,69+,70+,71+/m1/s1. The third-order valence-corrected chi connectivity index (χ3v) is 23.1. The molecule has 1 heterocycles. The Labute approximate surface area is 844 Å². The maximum atomic E-state index is 14.6. The highest BCUT2D eigenvalue weighted by Crippen LogP contribution is 2.20. The molecule has 56 heteroatoms. The van der Waals surface area contributed by atoms with Crippen molar-refractivity contribution in [1.29, 1.82) is 0 Å². The van der Waals surface area contributed by atoms with Crippen LogP contribution in [-0.4, -0.2) is 347 Å². The van der Waals surface area contributed by atoms with Crippen molar-refractivity contribution >= 4 is 161 Å². The van der Waals surface area contributed by atoms with Gasteiger partial charge in [0.1, 0.15) is 96.7 Å². The number of hydrogen-bond donors (Lipinski definition) is 32. The number of carbonyl (C=O) groups excluding carboxylic acids is 22. The van der Waals surface area contributed by atoms with Crippen LogP contribution in [0.4, 0.5) is 0 Å². The highest BCUT2D eigenvalue weighted by molar-refractivity contribution is 7.80. The molecule has 0 spiro atoms. The molecular weight excluding hydrogens is 1930 g/mol. The lowest BCUT2D eigenvalue weighted by Crippen LogP contribution is -2.63. The smallest absolute Gasteiger partial charge is 0.328 e. The zero-order valence-electron chi connectivity index (χ0n) is 82.1. The number of carbonyl (C=O) groups is 23. The normalized spacial score (nSPS) is 15.8. The molecule has 22 amide bonds. The van der Waals surface area contributed by atoms with Gasteiger partial charge in [0.15, 0.2) is 0 Å². The summed E-state index contributed by atoms with van der Waals surface area (Å²) in [5.74, 6) is -27.3. The highest BCUT2D eigenvalue weighted by atomic mass is 32.1. The Hall–Kier alpha value is -12.6. The van der Waals surface area contributed by atoms with E-state index >= 15 is 0 Å². The van der Waals surface area contributed by atoms with Crippen molar-refractivity contribution in [3.05, 3.63) is 35.9 Å². The van der Waals surface area contributed by atoms with Gasteiger partial charge in [0.25, 0.3) is 0 Å². The van der Waals surface area contributed by atoms with E-state index in [1.54, 1.807) is 44.2 Å². The number of aliphatic carboxylic acids is 1. The molecule has 0 radical (unpaired) electrons. The number of hydrogen-bond acceptors (Lipinski definition) is 33. The molecule has 1 aliphatic heterocycles. The lowest BCUT2D eigenvalue weighted by atomic mass is 9.98. The first kappa shape index (κ1) is 127. The molecule has 0 aromatic heterocycles. The van der Waals surface area contributed by atoms with E-state index in [1.165, 1.54) is 32.6 Å². The number of unbranched alkanes of at least 4 members (excludes halogenated alkanes) is 4. The van der Waals surface area contributed by atoms with Gasteiger partial charge in [0.2, 0.25) is 130 Å². The molecular formula is C88H149N27O27S2. The molecule has 1 fully saturated rings. The Morgan fingerprint density at radius 1 is 0.375 bits per heavy atom. The summed E-state index contributed by atoms with van der Waals surface area (Å²) in [4.78, 5) is 315. The van der Waals surface area contributed by atoms with Crippen molar-refractivity contribution in [3.63, 3.8) is 0 Å². The molecule has 2 rings (SSSR count). The summed E-state index contributed by atoms with van der Waals surface area (Å²) in [5, 5.41) is 82.8. The van der Waals surface area contributed by atoms with Gasteiger partial charge in [-0.3, -0.25) is 105 Å². The average molecular weight is 2080 g/mol. The van der Waals surface area contributed by atoms with Crippen LogP contribution in [0.5, 0.6) is 0 Å². The van der Waals surface area contributed by atoms with Gasteiger partial charge in [-0.15, -0.1) is 0 Å². The largest absolute Gasteiger partial charge is 0.480 e. The van der Waals surface area contributed by atoms with Gasteiger partial charge in [-0.2, -0.15) is 25.3 Å². The summed E-state index contributed by atoms with van der Waals surface area (Å²) >= 11 is 8.26. The molecule has 810 valence electrons. The number of primary amides is 3. The minimum atomic E-state index is -2.06. The predicted octanol–water partition coefficient (Wildman–Crippen LogP) is -13.0. The molecule has 54 nitrogen and oxygen atoms in total. The third-order valence-electron chi connectivity index (χ3n) is 22.4. The van der Waals surface area contributed by atoms with Gasteiger partial charge in [-0.25, -0.2) is 4.79 Å². The molecule has 1 saturated heterocycles. The number of likely N-dealkylation sites (tertiary alicyclic amines) is 1. The van der Waals surface area contributed by atoms with Crippen LogP contribution < -0.4 is 142 Å². The van der Waals surface area contributed by atoms with Gasteiger partial charge < -0.3 is 167 Å². The highest BCUT2D eigenvalue weighted by Gasteiger charge is 2.43. The Morgan fingerprint density at radius 3 is 1.12 bits per heavy atom. The van der Waals surface area contributed by atoms with Gasteiger partial charge in [-0.1, -0.05) is 71.9 Å². The van der Waals surface area contributed by atoms with Crippen LogP contribution in [-0.2, 0) is 117 Å². The van der Waals surface area contributed by atoms with Gasteiger partial charge in [-0.05, 0) is 153 Å². The van der Waals surface area contributed by atoms with Crippen molar-refractivity contribution in [1.82, 2.24) is 101 Å². The van der Waals surface area contributed by atoms with Gasteiger partial charge in [0, 0.05) is 24.5 Å². The number of amides is 22. The molecule has 0 unspecified atom stereocenters. The second-order valence-corrected chi connectivity index (χ2v) is 36.3. The first-order valence-electron chi connectivity index (χ1n) is 47.4. The number of nitrogens with zero attached hydrogens (tertiary/aromatic N) is 1. The number of carboxylic acid groups (broad SMARTS) is 1. The van der Waals surface area contributed by atoms with Crippen LogP contribution >= 0.6 is 25.3 Å². The van der Waals surface area contributed by atoms with Crippen LogP contribution in [0.1, 0.15) is 170 Å². The monoisotopic (exact) mass is 2080 g/mol. The summed E-state index contributed by atoms with van der Waals surface area (Å²) in [6, 6.07) is -19.5. The Morgan fingerprint density at radius 2 is 0.722 bits per heavy atom. The number of nitrogens with one attached hydrogen (secondary N) is 18. The molecule has 1 aromatic rings. The molecule has 144 heavy (non-hydrogen) atoms. The van der Waals surface area contributed by atoms with Gasteiger partial charge >= 0.3 is 5.97 Å². The molecule has 1 aliphatic rings. The van der Waals surface area contributed by atoms with Crippen LogP contribution in [0.15, 0.2) is 30.3 Å². The van der Waals surface area contributed by atoms with Crippen molar-refractivity contribution in [2.75, 3.05) is 77.1 Å². The minimum Gasteiger partial charge on any atom is -0.480 e. The van der Waals surface area contributed by atoms with E-state index in [-0.39, 0.29) is 116 Å². The molecule has 0 saturated carbocycles. The summed E-state index contributed by atoms with van der Waals surface area (Å²) in [5.41, 5.74) is 46.0. The molecule has 38 N–H and O–H groups in total. The minimum absolute atomic E-state index is 0.00480. The summed E-state index contributed by atoms with van der Waals surface area (Å²) < 4.78 is 0. The maximum Gasteiger partial charge on any atom is 0.328 e. The van der Waals surface area contributed by atoms with Crippen molar-refractivity contribution in [2.24, 2.45) is 63.6 Å². The fourth-order valence-electron chi connectivity index (χ4n) is 14.4. The zero-order chi connectivity index (χ0) is 109. The fourth-order valence-corrected chi connectivity index (χ4v) is 14.8. The second kappa shape index (κ2) is 67.9. The number of aliphatic hydroxyl groups is 3.